The minimum absolute atomic E-state index is 0.0357. The summed E-state index contributed by atoms with van der Waals surface area (Å²) < 4.78 is 5.00. The van der Waals surface area contributed by atoms with E-state index in [1.54, 1.807) is 13.8 Å². The van der Waals surface area contributed by atoms with Crippen molar-refractivity contribution >= 4 is 19.1 Å². The molecule has 7 heteroatoms. The Kier molecular flexibility index (Phi) is 17.3. The lowest BCUT2D eigenvalue weighted by atomic mass is 10.0. The van der Waals surface area contributed by atoms with E-state index in [0.29, 0.717) is 6.54 Å². The highest BCUT2D eigenvalue weighted by Crippen LogP contribution is 2.61. The van der Waals surface area contributed by atoms with Crippen LogP contribution >= 0.6 is 7.26 Å². The molecule has 0 aromatic carbocycles. The number of hydrogen-bond acceptors (Lipinski definition) is 5. The number of carbonyl (C=O) groups is 2. The third-order valence-electron chi connectivity index (χ3n) is 5.94. The van der Waals surface area contributed by atoms with Crippen LogP contribution in [0.5, 0.6) is 0 Å². The summed E-state index contributed by atoms with van der Waals surface area (Å²) in [4.78, 5) is 23.8. The van der Waals surface area contributed by atoms with Crippen molar-refractivity contribution in [3.8, 4) is 0 Å². The number of esters is 1. The fraction of sp³-hybridized carbons (Fsp3) is 0.920. The molecule has 0 rings (SSSR count). The van der Waals surface area contributed by atoms with Crippen molar-refractivity contribution in [3.05, 3.63) is 0 Å². The van der Waals surface area contributed by atoms with E-state index in [1.165, 1.54) is 63.2 Å². The van der Waals surface area contributed by atoms with Crippen LogP contribution in [0.25, 0.3) is 0 Å². The number of carbonyl (C=O) groups excluding carboxylic acids is 2. The summed E-state index contributed by atoms with van der Waals surface area (Å²) in [7, 11) is -0.952. The molecule has 0 aliphatic heterocycles. The highest BCUT2D eigenvalue weighted by Gasteiger charge is 2.34. The molecule has 0 saturated heterocycles. The van der Waals surface area contributed by atoms with Gasteiger partial charge in [0.1, 0.15) is 0 Å². The van der Waals surface area contributed by atoms with E-state index in [2.05, 4.69) is 26.1 Å². The maximum absolute atomic E-state index is 12.2. The lowest BCUT2D eigenvalue weighted by Gasteiger charge is -2.28. The molecule has 1 amide bonds. The lowest BCUT2D eigenvalue weighted by Crippen LogP contribution is -2.33. The van der Waals surface area contributed by atoms with Crippen LogP contribution in [0, 0.1) is 0 Å². The number of hydrogen-bond donors (Lipinski definition) is 3. The van der Waals surface area contributed by atoms with Gasteiger partial charge in [0.15, 0.2) is 5.79 Å². The Morgan fingerprint density at radius 1 is 0.844 bits per heavy atom. The van der Waals surface area contributed by atoms with Crippen LogP contribution in [0.2, 0.25) is 0 Å². The van der Waals surface area contributed by atoms with Gasteiger partial charge in [-0.2, -0.15) is 0 Å². The molecule has 0 atom stereocenters. The zero-order chi connectivity index (χ0) is 24.5. The Labute approximate surface area is 197 Å². The second kappa shape index (κ2) is 17.7. The zero-order valence-electron chi connectivity index (χ0n) is 21.5. The second-order valence-corrected chi connectivity index (χ2v) is 14.0. The molecule has 0 bridgehead atoms. The van der Waals surface area contributed by atoms with Gasteiger partial charge in [-0.1, -0.05) is 40.0 Å². The van der Waals surface area contributed by atoms with Gasteiger partial charge in [0.05, 0.1) is 37.2 Å². The zero-order valence-corrected chi connectivity index (χ0v) is 22.4. The molecule has 3 N–H and O–H groups in total. The van der Waals surface area contributed by atoms with Gasteiger partial charge in [-0.15, -0.1) is 0 Å². The van der Waals surface area contributed by atoms with E-state index >= 15 is 0 Å². The van der Waals surface area contributed by atoms with Crippen LogP contribution in [-0.2, 0) is 14.3 Å². The number of unbranched alkanes of at least 4 members (excludes halogenated alkanes) is 3. The van der Waals surface area contributed by atoms with Crippen molar-refractivity contribution in [1.82, 2.24) is 5.32 Å². The first-order valence-corrected chi connectivity index (χ1v) is 15.4. The Hall–Kier alpha value is -0.710. The van der Waals surface area contributed by atoms with E-state index in [4.69, 9.17) is 4.74 Å². The molecule has 0 aromatic rings. The molecule has 0 radical (unpaired) electrons. The van der Waals surface area contributed by atoms with Gasteiger partial charge in [0.2, 0.25) is 5.91 Å². The van der Waals surface area contributed by atoms with Gasteiger partial charge in [0, 0.05) is 33.1 Å². The summed E-state index contributed by atoms with van der Waals surface area (Å²) >= 11 is 0. The molecular formula is C25H51NO5P+. The van der Waals surface area contributed by atoms with E-state index in [-0.39, 0.29) is 37.7 Å². The Morgan fingerprint density at radius 2 is 1.31 bits per heavy atom. The third kappa shape index (κ3) is 16.0. The molecule has 0 spiro atoms. The average Bonchev–Trinajstić information content (AvgIpc) is 2.74. The van der Waals surface area contributed by atoms with Gasteiger partial charge in [0.25, 0.3) is 0 Å². The summed E-state index contributed by atoms with van der Waals surface area (Å²) in [5, 5.41) is 23.0. The molecule has 0 fully saturated rings. The highest BCUT2D eigenvalue weighted by atomic mass is 31.2. The fourth-order valence-electron chi connectivity index (χ4n) is 3.94. The van der Waals surface area contributed by atoms with Crippen molar-refractivity contribution < 1.29 is 24.5 Å². The maximum Gasteiger partial charge on any atom is 0.306 e. The summed E-state index contributed by atoms with van der Waals surface area (Å²) in [5.74, 6) is -2.66. The van der Waals surface area contributed by atoms with Crippen LogP contribution in [0.15, 0.2) is 0 Å². The molecule has 0 unspecified atom stereocenters. The Balaban J connectivity index is 4.42. The quantitative estimate of drug-likeness (QED) is 0.0983. The summed E-state index contributed by atoms with van der Waals surface area (Å²) in [6.07, 6.45) is 13.6. The number of amides is 1. The van der Waals surface area contributed by atoms with Crippen LogP contribution < -0.4 is 5.32 Å². The predicted octanol–water partition coefficient (Wildman–Crippen LogP) is 5.10. The van der Waals surface area contributed by atoms with Gasteiger partial charge >= 0.3 is 5.97 Å². The van der Waals surface area contributed by atoms with E-state index in [0.717, 1.165) is 6.42 Å². The van der Waals surface area contributed by atoms with Crippen molar-refractivity contribution in [1.29, 1.82) is 0 Å². The molecule has 0 heterocycles. The molecule has 0 saturated carbocycles. The molecule has 0 aliphatic carbocycles. The molecule has 190 valence electrons. The predicted molar refractivity (Wildman–Crippen MR) is 136 cm³/mol. The van der Waals surface area contributed by atoms with Gasteiger partial charge in [-0.05, 0) is 39.5 Å². The van der Waals surface area contributed by atoms with Gasteiger partial charge < -0.3 is 20.3 Å². The number of nitrogens with one attached hydrogen (secondary N) is 1. The highest BCUT2D eigenvalue weighted by molar-refractivity contribution is 7.75. The average molecular weight is 477 g/mol. The van der Waals surface area contributed by atoms with Crippen molar-refractivity contribution in [3.63, 3.8) is 0 Å². The summed E-state index contributed by atoms with van der Waals surface area (Å²) in [6, 6.07) is 0. The molecule has 0 aromatic heterocycles. The third-order valence-corrected chi connectivity index (χ3v) is 11.0. The lowest BCUT2D eigenvalue weighted by molar-refractivity contribution is -0.180. The minimum atomic E-state index is -2.03. The Bertz CT molecular complexity index is 489. The van der Waals surface area contributed by atoms with Crippen molar-refractivity contribution in [2.45, 2.75) is 117 Å². The minimum Gasteiger partial charge on any atom is -0.463 e. The van der Waals surface area contributed by atoms with Crippen LogP contribution in [0.1, 0.15) is 105 Å². The normalized spacial score (nSPS) is 12.2. The van der Waals surface area contributed by atoms with E-state index in [1.807, 2.05) is 0 Å². The monoisotopic (exact) mass is 476 g/mol. The second-order valence-electron chi connectivity index (χ2n) is 9.52. The smallest absolute Gasteiger partial charge is 0.306 e. The van der Waals surface area contributed by atoms with Crippen LogP contribution in [0.3, 0.4) is 0 Å². The number of aliphatic hydroxyl groups is 2. The Morgan fingerprint density at radius 3 is 1.78 bits per heavy atom. The molecule has 0 aliphatic rings. The van der Waals surface area contributed by atoms with E-state index in [9.17, 15) is 19.8 Å². The van der Waals surface area contributed by atoms with Gasteiger partial charge in [-0.25, -0.2) is 0 Å². The number of rotatable bonds is 20. The molecule has 32 heavy (non-hydrogen) atoms. The maximum atomic E-state index is 12.2. The number of ether oxygens (including phenoxy) is 1. The largest absolute Gasteiger partial charge is 0.463 e. The van der Waals surface area contributed by atoms with Gasteiger partial charge in [-0.3, -0.25) is 9.59 Å². The molecule has 6 nitrogen and oxygen atoms in total. The SMILES string of the molecule is CCCC[P+](CCCC)(CCCC)CCCNC(=O)CCC(O)(O)CCC(=O)OC(C)C. The van der Waals surface area contributed by atoms with Crippen LogP contribution in [-0.4, -0.2) is 65.2 Å². The van der Waals surface area contributed by atoms with Crippen LogP contribution in [0.4, 0.5) is 0 Å². The van der Waals surface area contributed by atoms with Crippen molar-refractivity contribution in [2.75, 3.05) is 31.2 Å². The summed E-state index contributed by atoms with van der Waals surface area (Å²) in [5.41, 5.74) is 0. The first-order valence-electron chi connectivity index (χ1n) is 12.9. The first kappa shape index (κ1) is 31.3. The topological polar surface area (TPSA) is 95.9 Å². The standard InChI is InChI=1S/C25H50NO5P/c1-6-9-18-32(19-10-7-2,20-11-8-3)21-12-17-26-23(27)13-15-25(29,30)16-14-24(28)31-22(4)5/h22,29-30H,6-21H2,1-5H3/p+1. The molecular weight excluding hydrogens is 425 g/mol. The van der Waals surface area contributed by atoms with E-state index < -0.39 is 19.0 Å². The summed E-state index contributed by atoms with van der Waals surface area (Å²) in [6.45, 7) is 10.9. The van der Waals surface area contributed by atoms with Crippen molar-refractivity contribution in [2.24, 2.45) is 0 Å². The first-order chi connectivity index (χ1) is 15.1. The fourth-order valence-corrected chi connectivity index (χ4v) is 9.08.